The van der Waals surface area contributed by atoms with Crippen LogP contribution in [0.15, 0.2) is 12.7 Å². The molecular weight excluding hydrogens is 168 g/mol. The lowest BCUT2D eigenvalue weighted by Gasteiger charge is -2.17. The summed E-state index contributed by atoms with van der Waals surface area (Å²) in [5.41, 5.74) is 0. The highest BCUT2D eigenvalue weighted by molar-refractivity contribution is 5.91. The standard InChI is InChI=1S/C9H14N2O2/c1-3-8(12)11-6-4-5-10(2)9(13)7-11/h3H,1,4-7H2,2H3. The van der Waals surface area contributed by atoms with Crippen molar-refractivity contribution in [2.24, 2.45) is 0 Å². The summed E-state index contributed by atoms with van der Waals surface area (Å²) < 4.78 is 0. The summed E-state index contributed by atoms with van der Waals surface area (Å²) in [6.07, 6.45) is 2.08. The molecule has 0 spiro atoms. The zero-order chi connectivity index (χ0) is 9.84. The van der Waals surface area contributed by atoms with Crippen LogP contribution in [-0.2, 0) is 9.59 Å². The van der Waals surface area contributed by atoms with E-state index in [0.29, 0.717) is 6.54 Å². The predicted molar refractivity (Wildman–Crippen MR) is 49.0 cm³/mol. The molecule has 2 amide bonds. The topological polar surface area (TPSA) is 40.6 Å². The molecule has 1 heterocycles. The van der Waals surface area contributed by atoms with Crippen LogP contribution in [0.4, 0.5) is 0 Å². The minimum absolute atomic E-state index is 0.00676. The van der Waals surface area contributed by atoms with Crippen LogP contribution in [-0.4, -0.2) is 48.3 Å². The molecule has 1 aliphatic heterocycles. The van der Waals surface area contributed by atoms with Gasteiger partial charge in [-0.15, -0.1) is 0 Å². The Morgan fingerprint density at radius 1 is 1.54 bits per heavy atom. The molecule has 0 radical (unpaired) electrons. The molecule has 72 valence electrons. The van der Waals surface area contributed by atoms with Crippen molar-refractivity contribution in [3.05, 3.63) is 12.7 Å². The van der Waals surface area contributed by atoms with E-state index in [1.165, 1.54) is 11.0 Å². The first kappa shape index (κ1) is 9.77. The van der Waals surface area contributed by atoms with E-state index in [-0.39, 0.29) is 18.4 Å². The highest BCUT2D eigenvalue weighted by atomic mass is 16.2. The average Bonchev–Trinajstić information content (AvgIpc) is 2.28. The van der Waals surface area contributed by atoms with Crippen molar-refractivity contribution in [3.63, 3.8) is 0 Å². The van der Waals surface area contributed by atoms with E-state index in [9.17, 15) is 9.59 Å². The molecule has 1 saturated heterocycles. The van der Waals surface area contributed by atoms with Crippen molar-refractivity contribution in [1.82, 2.24) is 9.80 Å². The van der Waals surface area contributed by atoms with Gasteiger partial charge in [0.05, 0.1) is 6.54 Å². The molecule has 0 saturated carbocycles. The van der Waals surface area contributed by atoms with E-state index in [1.807, 2.05) is 0 Å². The number of hydrogen-bond acceptors (Lipinski definition) is 2. The van der Waals surface area contributed by atoms with Gasteiger partial charge in [0.25, 0.3) is 0 Å². The lowest BCUT2D eigenvalue weighted by atomic mass is 10.4. The maximum Gasteiger partial charge on any atom is 0.246 e. The Balaban J connectivity index is 2.64. The van der Waals surface area contributed by atoms with Gasteiger partial charge in [-0.3, -0.25) is 9.59 Å². The molecule has 1 rings (SSSR count). The molecule has 4 heteroatoms. The second-order valence-electron chi connectivity index (χ2n) is 3.13. The zero-order valence-corrected chi connectivity index (χ0v) is 7.82. The lowest BCUT2D eigenvalue weighted by Crippen LogP contribution is -2.37. The third-order valence-corrected chi connectivity index (χ3v) is 2.16. The smallest absolute Gasteiger partial charge is 0.246 e. The van der Waals surface area contributed by atoms with Crippen molar-refractivity contribution >= 4 is 11.8 Å². The van der Waals surface area contributed by atoms with Gasteiger partial charge in [-0.1, -0.05) is 6.58 Å². The lowest BCUT2D eigenvalue weighted by molar-refractivity contribution is -0.135. The molecule has 13 heavy (non-hydrogen) atoms. The Morgan fingerprint density at radius 2 is 2.23 bits per heavy atom. The minimum Gasteiger partial charge on any atom is -0.344 e. The molecule has 1 aliphatic rings. The largest absolute Gasteiger partial charge is 0.344 e. The van der Waals surface area contributed by atoms with Crippen molar-refractivity contribution in [2.45, 2.75) is 6.42 Å². The Hall–Kier alpha value is -1.32. The molecule has 0 atom stereocenters. The average molecular weight is 182 g/mol. The molecule has 0 aromatic heterocycles. The summed E-state index contributed by atoms with van der Waals surface area (Å²) in [5, 5.41) is 0. The van der Waals surface area contributed by atoms with E-state index in [4.69, 9.17) is 0 Å². The Bertz CT molecular complexity index is 238. The molecule has 0 aromatic rings. The first-order valence-electron chi connectivity index (χ1n) is 4.30. The van der Waals surface area contributed by atoms with Crippen LogP contribution in [0.3, 0.4) is 0 Å². The van der Waals surface area contributed by atoms with E-state index in [1.54, 1.807) is 11.9 Å². The minimum atomic E-state index is -0.163. The Morgan fingerprint density at radius 3 is 2.85 bits per heavy atom. The monoisotopic (exact) mass is 182 g/mol. The van der Waals surface area contributed by atoms with Crippen LogP contribution in [0.1, 0.15) is 6.42 Å². The van der Waals surface area contributed by atoms with Gasteiger partial charge >= 0.3 is 0 Å². The number of carbonyl (C=O) groups excluding carboxylic acids is 2. The highest BCUT2D eigenvalue weighted by Crippen LogP contribution is 2.02. The summed E-state index contributed by atoms with van der Waals surface area (Å²) in [6, 6.07) is 0. The number of hydrogen-bond donors (Lipinski definition) is 0. The number of likely N-dealkylation sites (N-methyl/N-ethyl adjacent to an activating group) is 1. The quantitative estimate of drug-likeness (QED) is 0.530. The molecule has 0 N–H and O–H groups in total. The second kappa shape index (κ2) is 4.07. The van der Waals surface area contributed by atoms with E-state index >= 15 is 0 Å². The van der Waals surface area contributed by atoms with Crippen molar-refractivity contribution in [3.8, 4) is 0 Å². The van der Waals surface area contributed by atoms with Crippen LogP contribution in [0.2, 0.25) is 0 Å². The summed E-state index contributed by atoms with van der Waals surface area (Å²) in [6.45, 7) is 4.94. The molecule has 0 aromatic carbocycles. The van der Waals surface area contributed by atoms with Gasteiger partial charge in [-0.2, -0.15) is 0 Å². The van der Waals surface area contributed by atoms with Gasteiger partial charge in [0.2, 0.25) is 11.8 Å². The SMILES string of the molecule is C=CC(=O)N1CCCN(C)C(=O)C1. The van der Waals surface area contributed by atoms with E-state index < -0.39 is 0 Å². The van der Waals surface area contributed by atoms with E-state index in [0.717, 1.165) is 13.0 Å². The summed E-state index contributed by atoms with van der Waals surface area (Å²) in [4.78, 5) is 25.7. The summed E-state index contributed by atoms with van der Waals surface area (Å²) in [7, 11) is 1.75. The van der Waals surface area contributed by atoms with Gasteiger partial charge in [-0.05, 0) is 12.5 Å². The highest BCUT2D eigenvalue weighted by Gasteiger charge is 2.20. The third kappa shape index (κ3) is 2.31. The zero-order valence-electron chi connectivity index (χ0n) is 7.82. The van der Waals surface area contributed by atoms with Crippen molar-refractivity contribution in [2.75, 3.05) is 26.7 Å². The van der Waals surface area contributed by atoms with Crippen LogP contribution in [0.25, 0.3) is 0 Å². The van der Waals surface area contributed by atoms with Crippen LogP contribution >= 0.6 is 0 Å². The van der Waals surface area contributed by atoms with Crippen LogP contribution < -0.4 is 0 Å². The Labute approximate surface area is 77.8 Å². The second-order valence-corrected chi connectivity index (χ2v) is 3.13. The van der Waals surface area contributed by atoms with Crippen molar-refractivity contribution in [1.29, 1.82) is 0 Å². The number of carbonyl (C=O) groups is 2. The first-order valence-corrected chi connectivity index (χ1v) is 4.30. The number of rotatable bonds is 1. The molecular formula is C9H14N2O2. The maximum atomic E-state index is 11.3. The molecule has 0 aliphatic carbocycles. The van der Waals surface area contributed by atoms with E-state index in [2.05, 4.69) is 6.58 Å². The van der Waals surface area contributed by atoms with Gasteiger partial charge in [0, 0.05) is 20.1 Å². The van der Waals surface area contributed by atoms with Gasteiger partial charge in [0.1, 0.15) is 0 Å². The summed E-state index contributed by atoms with van der Waals surface area (Å²) >= 11 is 0. The Kier molecular flexibility index (Phi) is 3.06. The fraction of sp³-hybridized carbons (Fsp3) is 0.556. The van der Waals surface area contributed by atoms with Crippen LogP contribution in [0, 0.1) is 0 Å². The summed E-state index contributed by atoms with van der Waals surface area (Å²) in [5.74, 6) is -0.170. The predicted octanol–water partition coefficient (Wildman–Crippen LogP) is -0.137. The van der Waals surface area contributed by atoms with Gasteiger partial charge in [-0.25, -0.2) is 0 Å². The molecule has 0 bridgehead atoms. The van der Waals surface area contributed by atoms with Crippen LogP contribution in [0.5, 0.6) is 0 Å². The molecule has 1 fully saturated rings. The maximum absolute atomic E-state index is 11.3. The van der Waals surface area contributed by atoms with Gasteiger partial charge in [0.15, 0.2) is 0 Å². The van der Waals surface area contributed by atoms with Crippen molar-refractivity contribution < 1.29 is 9.59 Å². The molecule has 0 unspecified atom stereocenters. The molecule has 4 nitrogen and oxygen atoms in total. The fourth-order valence-electron chi connectivity index (χ4n) is 1.30. The normalized spacial score (nSPS) is 18.4. The third-order valence-electron chi connectivity index (χ3n) is 2.16. The number of nitrogens with zero attached hydrogens (tertiary/aromatic N) is 2. The first-order chi connectivity index (χ1) is 6.15. The fourth-order valence-corrected chi connectivity index (χ4v) is 1.30. The number of amides is 2. The van der Waals surface area contributed by atoms with Gasteiger partial charge < -0.3 is 9.80 Å².